The smallest absolute Gasteiger partial charge is 0.336 e. The summed E-state index contributed by atoms with van der Waals surface area (Å²) in [5, 5.41) is 7.31. The normalized spacial score (nSPS) is 14.5. The summed E-state index contributed by atoms with van der Waals surface area (Å²) >= 11 is 1.08. The number of allylic oxidation sites excluding steroid dienone is 2. The van der Waals surface area contributed by atoms with E-state index in [1.165, 1.54) is 20.3 Å². The minimum absolute atomic E-state index is 0.0590. The number of esters is 3. The predicted molar refractivity (Wildman–Crippen MR) is 108 cm³/mol. The first-order valence-corrected chi connectivity index (χ1v) is 9.87. The van der Waals surface area contributed by atoms with Gasteiger partial charge in [-0.3, -0.25) is 9.59 Å². The molecule has 3 rings (SSSR count). The molecule has 2 aromatic rings. The molecule has 1 aliphatic rings. The van der Waals surface area contributed by atoms with Crippen LogP contribution in [0.25, 0.3) is 4.96 Å². The first kappa shape index (κ1) is 22.2. The number of nitrogens with zero attached hydrogens (tertiary/aromatic N) is 3. The maximum atomic E-state index is 13.0. The molecule has 1 N–H and O–H groups in total. The van der Waals surface area contributed by atoms with E-state index in [4.69, 9.17) is 14.2 Å². The molecule has 1 aliphatic heterocycles. The fraction of sp³-hybridized carbons (Fsp3) is 0.368. The van der Waals surface area contributed by atoms with Gasteiger partial charge < -0.3 is 19.5 Å². The van der Waals surface area contributed by atoms with E-state index in [9.17, 15) is 19.2 Å². The van der Waals surface area contributed by atoms with Crippen molar-refractivity contribution >= 4 is 34.2 Å². The topological polar surface area (TPSA) is 138 Å². The average molecular weight is 448 g/mol. The zero-order chi connectivity index (χ0) is 22.9. The second-order valence-corrected chi connectivity index (χ2v) is 7.69. The summed E-state index contributed by atoms with van der Waals surface area (Å²) in [6.07, 6.45) is 0. The van der Waals surface area contributed by atoms with Crippen LogP contribution in [0.4, 0.5) is 0 Å². The summed E-state index contributed by atoms with van der Waals surface area (Å²) in [7, 11) is 2.34. The molecule has 0 bridgehead atoms. The highest BCUT2D eigenvalue weighted by Crippen LogP contribution is 2.32. The van der Waals surface area contributed by atoms with E-state index < -0.39 is 23.8 Å². The Morgan fingerprint density at radius 1 is 1.10 bits per heavy atom. The fourth-order valence-electron chi connectivity index (χ4n) is 3.23. The first-order valence-electron chi connectivity index (χ1n) is 9.06. The van der Waals surface area contributed by atoms with Crippen LogP contribution in [0.15, 0.2) is 33.4 Å². The lowest BCUT2D eigenvalue weighted by atomic mass is 9.85. The highest BCUT2D eigenvalue weighted by Gasteiger charge is 2.42. The monoisotopic (exact) mass is 448 g/mol. The maximum Gasteiger partial charge on any atom is 0.336 e. The van der Waals surface area contributed by atoms with E-state index in [-0.39, 0.29) is 23.3 Å². The predicted octanol–water partition coefficient (Wildman–Crippen LogP) is 0.616. The number of nitrogens with one attached hydrogen (secondary N) is 1. The third kappa shape index (κ3) is 4.19. The Labute approximate surface area is 180 Å². The van der Waals surface area contributed by atoms with Gasteiger partial charge >= 0.3 is 17.9 Å². The minimum Gasteiger partial charge on any atom is -0.466 e. The van der Waals surface area contributed by atoms with Crippen LogP contribution in [-0.4, -0.2) is 46.7 Å². The largest absolute Gasteiger partial charge is 0.466 e. The molecular formula is C19H20N4O7S. The van der Waals surface area contributed by atoms with E-state index in [1.54, 1.807) is 20.8 Å². The zero-order valence-corrected chi connectivity index (χ0v) is 18.3. The number of methoxy groups -OCH3 is 2. The molecule has 0 radical (unpaired) electrons. The van der Waals surface area contributed by atoms with Crippen LogP contribution in [0, 0.1) is 12.8 Å². The number of carbonyl (C=O) groups is 3. The summed E-state index contributed by atoms with van der Waals surface area (Å²) in [4.78, 5) is 54.3. The number of carbonyl (C=O) groups excluding carboxylic acids is 3. The van der Waals surface area contributed by atoms with Gasteiger partial charge in [0.2, 0.25) is 4.96 Å². The molecule has 0 spiro atoms. The molecule has 0 saturated heterocycles. The maximum absolute atomic E-state index is 13.0. The molecule has 0 amide bonds. The van der Waals surface area contributed by atoms with E-state index in [2.05, 4.69) is 15.4 Å². The van der Waals surface area contributed by atoms with Crippen molar-refractivity contribution in [2.24, 2.45) is 5.92 Å². The highest BCUT2D eigenvalue weighted by molar-refractivity contribution is 7.16. The van der Waals surface area contributed by atoms with Gasteiger partial charge in [0.1, 0.15) is 12.5 Å². The molecular weight excluding hydrogens is 428 g/mol. The lowest BCUT2D eigenvalue weighted by Crippen LogP contribution is -2.37. The van der Waals surface area contributed by atoms with E-state index >= 15 is 0 Å². The van der Waals surface area contributed by atoms with Crippen molar-refractivity contribution in [1.82, 2.24) is 19.9 Å². The standard InChI is InChI=1S/C19H20N4O7S/c1-8-6-12(24)23-19(20-8)31-11(22-23)7-30-18(27)15-13(16(25)28-4)9(2)21-10(3)14(15)17(26)29-5/h6,15,21H,7H2,1-5H3. The number of ether oxygens (including phenoxy) is 3. The highest BCUT2D eigenvalue weighted by atomic mass is 32.1. The quantitative estimate of drug-likeness (QED) is 0.511. The zero-order valence-electron chi connectivity index (χ0n) is 17.5. The van der Waals surface area contributed by atoms with Crippen LogP contribution in [0.5, 0.6) is 0 Å². The number of aromatic nitrogens is 3. The van der Waals surface area contributed by atoms with E-state index in [0.717, 1.165) is 15.9 Å². The molecule has 31 heavy (non-hydrogen) atoms. The van der Waals surface area contributed by atoms with Gasteiger partial charge in [0.25, 0.3) is 5.56 Å². The molecule has 12 heteroatoms. The van der Waals surface area contributed by atoms with Crippen molar-refractivity contribution in [3.05, 3.63) is 49.7 Å². The van der Waals surface area contributed by atoms with E-state index in [0.29, 0.717) is 27.1 Å². The van der Waals surface area contributed by atoms with Gasteiger partial charge in [-0.15, -0.1) is 0 Å². The van der Waals surface area contributed by atoms with Crippen LogP contribution in [0.3, 0.4) is 0 Å². The van der Waals surface area contributed by atoms with Gasteiger partial charge in [-0.05, 0) is 20.8 Å². The van der Waals surface area contributed by atoms with Crippen molar-refractivity contribution in [3.8, 4) is 0 Å². The van der Waals surface area contributed by atoms with Crippen molar-refractivity contribution in [2.75, 3.05) is 14.2 Å². The number of hydrogen-bond donors (Lipinski definition) is 1. The molecule has 0 fully saturated rings. The summed E-state index contributed by atoms with van der Waals surface area (Å²) in [6.45, 7) is 4.57. The third-order valence-corrected chi connectivity index (χ3v) is 5.44. The lowest BCUT2D eigenvalue weighted by molar-refractivity contribution is -0.152. The Bertz CT molecular complexity index is 1170. The van der Waals surface area contributed by atoms with Gasteiger partial charge in [0, 0.05) is 23.2 Å². The van der Waals surface area contributed by atoms with Gasteiger partial charge in [-0.2, -0.15) is 9.61 Å². The van der Waals surface area contributed by atoms with Crippen molar-refractivity contribution < 1.29 is 28.6 Å². The molecule has 3 heterocycles. The Hall–Kier alpha value is -3.54. The SMILES string of the molecule is COC(=O)C1=C(C)NC(C)=C(C(=O)OC)C1C(=O)OCc1nn2c(=O)cc(C)nc2s1. The van der Waals surface area contributed by atoms with Crippen molar-refractivity contribution in [1.29, 1.82) is 0 Å². The molecule has 164 valence electrons. The Balaban J connectivity index is 1.93. The van der Waals surface area contributed by atoms with Crippen LogP contribution in [-0.2, 0) is 35.2 Å². The summed E-state index contributed by atoms with van der Waals surface area (Å²) in [6, 6.07) is 1.34. The minimum atomic E-state index is -1.35. The molecule has 0 aliphatic carbocycles. The number of aryl methyl sites for hydroxylation is 1. The third-order valence-electron chi connectivity index (χ3n) is 4.56. The molecule has 0 unspecified atom stereocenters. The number of rotatable bonds is 5. The van der Waals surface area contributed by atoms with Gasteiger partial charge in [0.05, 0.1) is 25.4 Å². The first-order chi connectivity index (χ1) is 14.7. The summed E-state index contributed by atoms with van der Waals surface area (Å²) in [5.41, 5.74) is 0.772. The molecule has 2 aromatic heterocycles. The molecule has 0 atom stereocenters. The van der Waals surface area contributed by atoms with Crippen molar-refractivity contribution in [3.63, 3.8) is 0 Å². The average Bonchev–Trinajstić information content (AvgIpc) is 3.13. The van der Waals surface area contributed by atoms with Crippen LogP contribution in [0.1, 0.15) is 24.5 Å². The van der Waals surface area contributed by atoms with Crippen LogP contribution < -0.4 is 10.9 Å². The van der Waals surface area contributed by atoms with Crippen LogP contribution >= 0.6 is 11.3 Å². The lowest BCUT2D eigenvalue weighted by Gasteiger charge is -2.28. The Morgan fingerprint density at radius 3 is 2.23 bits per heavy atom. The summed E-state index contributed by atoms with van der Waals surface area (Å²) in [5.74, 6) is -3.78. The molecule has 0 saturated carbocycles. The second-order valence-electron chi connectivity index (χ2n) is 6.65. The van der Waals surface area contributed by atoms with Crippen molar-refractivity contribution in [2.45, 2.75) is 27.4 Å². The number of fused-ring (bicyclic) bond motifs is 1. The molecule has 11 nitrogen and oxygen atoms in total. The van der Waals surface area contributed by atoms with Crippen LogP contribution in [0.2, 0.25) is 0 Å². The number of dihydropyridines is 1. The van der Waals surface area contributed by atoms with Gasteiger partial charge in [0.15, 0.2) is 5.01 Å². The van der Waals surface area contributed by atoms with E-state index in [1.807, 2.05) is 0 Å². The Kier molecular flexibility index (Phi) is 6.20. The van der Waals surface area contributed by atoms with Gasteiger partial charge in [-0.1, -0.05) is 11.3 Å². The summed E-state index contributed by atoms with van der Waals surface area (Å²) < 4.78 is 16.1. The molecule has 0 aromatic carbocycles. The Morgan fingerprint density at radius 2 is 1.68 bits per heavy atom. The second kappa shape index (κ2) is 8.68. The van der Waals surface area contributed by atoms with Gasteiger partial charge in [-0.25, -0.2) is 14.6 Å². The fourth-order valence-corrected chi connectivity index (χ4v) is 4.08. The number of hydrogen-bond acceptors (Lipinski definition) is 11.